The van der Waals surface area contributed by atoms with Crippen LogP contribution in [0, 0.1) is 0 Å². The van der Waals surface area contributed by atoms with Crippen LogP contribution in [0.3, 0.4) is 0 Å². The van der Waals surface area contributed by atoms with E-state index in [1.165, 1.54) is 24.3 Å². The normalized spacial score (nSPS) is 27.3. The van der Waals surface area contributed by atoms with Gasteiger partial charge in [0.15, 0.2) is 55.3 Å². The molecule has 0 aliphatic carbocycles. The molecule has 0 aromatic heterocycles. The molecule has 0 saturated carbocycles. The van der Waals surface area contributed by atoms with Gasteiger partial charge in [0.1, 0.15) is 42.6 Å². The second-order valence-electron chi connectivity index (χ2n) is 21.5. The summed E-state index contributed by atoms with van der Waals surface area (Å²) in [7, 11) is -2.18. The Bertz CT molecular complexity index is 2980. The molecule has 0 spiro atoms. The maximum absolute atomic E-state index is 14.2. The van der Waals surface area contributed by atoms with Crippen LogP contribution in [0.25, 0.3) is 0 Å². The van der Waals surface area contributed by atoms with Gasteiger partial charge in [-0.05, 0) is 39.7 Å². The van der Waals surface area contributed by atoms with Crippen molar-refractivity contribution < 1.29 is 115 Å². The van der Waals surface area contributed by atoms with Crippen molar-refractivity contribution in [1.29, 1.82) is 0 Å². The lowest BCUT2D eigenvalue weighted by atomic mass is 9.97. The molecule has 87 heavy (non-hydrogen) atoms. The summed E-state index contributed by atoms with van der Waals surface area (Å²) in [5.74, 6) is -7.26. The van der Waals surface area contributed by atoms with Crippen molar-refractivity contribution in [3.05, 3.63) is 126 Å². The molecule has 24 nitrogen and oxygen atoms in total. The number of carbonyl (C=O) groups excluding carboxylic acids is 8. The lowest BCUT2D eigenvalue weighted by Gasteiger charge is -2.47. The number of thioether (sulfide) groups is 1. The van der Waals surface area contributed by atoms with Crippen LogP contribution in [0.5, 0.6) is 0 Å². The average Bonchev–Trinajstić information content (AvgIpc) is 1.48. The smallest absolute Gasteiger partial charge is 0.339 e. The number of aliphatic hydroxyl groups is 2. The second kappa shape index (κ2) is 30.2. The third kappa shape index (κ3) is 16.7. The highest BCUT2D eigenvalue weighted by atomic mass is 32.2. The molecule has 3 saturated heterocycles. The summed E-state index contributed by atoms with van der Waals surface area (Å²) >= 11 is 1.09. The Morgan fingerprint density at radius 2 is 0.885 bits per heavy atom. The summed E-state index contributed by atoms with van der Waals surface area (Å²) in [4.78, 5) is 105. The number of rotatable bonds is 22. The number of hydrogen-bond donors (Lipinski definition) is 2. The van der Waals surface area contributed by atoms with E-state index in [1.54, 1.807) is 30.3 Å². The molecular formula is C61H72O24SSi. The second-order valence-corrected chi connectivity index (χ2v) is 27.0. The molecule has 15 atom stereocenters. The maximum Gasteiger partial charge on any atom is 0.339 e. The fraction of sp³-hybridized carbons (Fsp3) is 0.475. The van der Waals surface area contributed by atoms with Crippen molar-refractivity contribution in [1.82, 2.24) is 0 Å². The van der Waals surface area contributed by atoms with Crippen LogP contribution in [0.1, 0.15) is 83.0 Å². The van der Waals surface area contributed by atoms with Crippen LogP contribution >= 0.6 is 11.8 Å². The van der Waals surface area contributed by atoms with E-state index in [0.29, 0.717) is 4.90 Å². The van der Waals surface area contributed by atoms with Gasteiger partial charge in [-0.15, -0.1) is 0 Å². The third-order valence-corrected chi connectivity index (χ3v) is 20.3. The number of ether oxygens (including phenoxy) is 13. The summed E-state index contributed by atoms with van der Waals surface area (Å²) in [6, 6.07) is 33.3. The standard InChI is InChI=1S/C61H72O24SSi/c1-33(62)76-49-45(84-60(86-39-22-14-11-15-23-39)55(81-38(6)67)53(49)79-36(4)65)31-73-56(70)42-28-20-21-29-43(42)57(71)85-51-48(69)47(68)44(82-58(51)72-10)30-74-59-54(80-37(5)66)52(78-35(3)64)50(77-34(2)63)46(83-59)32-75-87(61(7,8)9,40-24-16-12-17-25-40)41-26-18-13-19-27-41/h11-29,44-55,58-60,68-69H,30-32H2,1-10H3/t44-,45-,46-,47-,48+,49-,50-,51+,52+,53+,54+,55+,58+,59+,60-/m1/s1. The van der Waals surface area contributed by atoms with Crippen LogP contribution in [0.2, 0.25) is 5.04 Å². The molecule has 3 aliphatic rings. The molecule has 0 bridgehead atoms. The van der Waals surface area contributed by atoms with E-state index in [-0.39, 0.29) is 17.7 Å². The first-order valence-corrected chi connectivity index (χ1v) is 30.6. The van der Waals surface area contributed by atoms with Gasteiger partial charge in [0.25, 0.3) is 8.32 Å². The Kier molecular flexibility index (Phi) is 23.4. The average molecular weight is 1250 g/mol. The zero-order valence-corrected chi connectivity index (χ0v) is 51.4. The number of methoxy groups -OCH3 is 1. The summed E-state index contributed by atoms with van der Waals surface area (Å²) < 4.78 is 83.3. The van der Waals surface area contributed by atoms with E-state index < -0.39 is 166 Å². The van der Waals surface area contributed by atoms with Crippen molar-refractivity contribution in [2.24, 2.45) is 0 Å². The molecule has 2 N–H and O–H groups in total. The van der Waals surface area contributed by atoms with Crippen molar-refractivity contribution in [3.8, 4) is 0 Å². The molecule has 470 valence electrons. The molecule has 4 aromatic rings. The van der Waals surface area contributed by atoms with Crippen molar-refractivity contribution in [2.45, 2.75) is 164 Å². The number of carbonyl (C=O) groups is 8. The molecule has 3 heterocycles. The zero-order valence-electron chi connectivity index (χ0n) is 49.5. The Labute approximate surface area is 507 Å². The van der Waals surface area contributed by atoms with Crippen molar-refractivity contribution >= 4 is 78.2 Å². The van der Waals surface area contributed by atoms with Crippen LogP contribution in [0.4, 0.5) is 0 Å². The molecule has 3 aliphatic heterocycles. The molecular weight excluding hydrogens is 1180 g/mol. The molecule has 0 unspecified atom stereocenters. The topological polar surface area (TPSA) is 306 Å². The van der Waals surface area contributed by atoms with Gasteiger partial charge < -0.3 is 76.2 Å². The minimum atomic E-state index is -3.34. The van der Waals surface area contributed by atoms with Crippen LogP contribution < -0.4 is 10.4 Å². The zero-order chi connectivity index (χ0) is 63.3. The van der Waals surface area contributed by atoms with E-state index in [1.807, 2.05) is 81.4 Å². The van der Waals surface area contributed by atoms with Gasteiger partial charge >= 0.3 is 47.8 Å². The first-order chi connectivity index (χ1) is 41.3. The van der Waals surface area contributed by atoms with E-state index in [0.717, 1.165) is 70.8 Å². The summed E-state index contributed by atoms with van der Waals surface area (Å²) in [6.45, 7) is 11.2. The van der Waals surface area contributed by atoms with Gasteiger partial charge in [0, 0.05) is 53.5 Å². The monoisotopic (exact) mass is 1250 g/mol. The van der Waals surface area contributed by atoms with Crippen molar-refractivity contribution in [2.75, 3.05) is 26.9 Å². The molecule has 3 fully saturated rings. The summed E-state index contributed by atoms with van der Waals surface area (Å²) in [5, 5.41) is 24.6. The Balaban J connectivity index is 1.09. The number of aliphatic hydroxyl groups excluding tert-OH is 2. The number of hydrogen-bond acceptors (Lipinski definition) is 25. The molecule has 4 aromatic carbocycles. The predicted molar refractivity (Wildman–Crippen MR) is 306 cm³/mol. The fourth-order valence-electron chi connectivity index (χ4n) is 10.6. The largest absolute Gasteiger partial charge is 0.459 e. The predicted octanol–water partition coefficient (Wildman–Crippen LogP) is 3.89. The van der Waals surface area contributed by atoms with Crippen LogP contribution in [-0.4, -0.2) is 184 Å². The van der Waals surface area contributed by atoms with Crippen LogP contribution in [0.15, 0.2) is 120 Å². The summed E-state index contributed by atoms with van der Waals surface area (Å²) in [5.41, 5.74) is -1.85. The molecule has 7 rings (SSSR count). The quantitative estimate of drug-likeness (QED) is 0.0640. The van der Waals surface area contributed by atoms with Crippen LogP contribution in [-0.2, 0) is 94.8 Å². The first-order valence-electron chi connectivity index (χ1n) is 27.8. The number of benzene rings is 4. The lowest BCUT2D eigenvalue weighted by molar-refractivity contribution is -0.329. The van der Waals surface area contributed by atoms with E-state index in [9.17, 15) is 48.6 Å². The third-order valence-electron chi connectivity index (χ3n) is 14.2. The lowest BCUT2D eigenvalue weighted by Crippen LogP contribution is -2.69. The Morgan fingerprint density at radius 3 is 1.38 bits per heavy atom. The van der Waals surface area contributed by atoms with Gasteiger partial charge in [-0.2, -0.15) is 0 Å². The fourth-order valence-corrected chi connectivity index (χ4v) is 16.3. The van der Waals surface area contributed by atoms with Crippen molar-refractivity contribution in [3.63, 3.8) is 0 Å². The Morgan fingerprint density at radius 1 is 0.460 bits per heavy atom. The number of esters is 8. The highest BCUT2D eigenvalue weighted by Gasteiger charge is 2.57. The molecule has 0 radical (unpaired) electrons. The molecule has 0 amide bonds. The van der Waals surface area contributed by atoms with Gasteiger partial charge in [-0.25, -0.2) is 9.59 Å². The summed E-state index contributed by atoms with van der Waals surface area (Å²) in [6.07, 6.45) is -22.0. The van der Waals surface area contributed by atoms with E-state index >= 15 is 0 Å². The van der Waals surface area contributed by atoms with Gasteiger partial charge in [0.2, 0.25) is 0 Å². The minimum Gasteiger partial charge on any atom is -0.459 e. The van der Waals surface area contributed by atoms with Gasteiger partial charge in [0.05, 0.1) is 24.3 Å². The Hall–Kier alpha value is -7.11. The first kappa shape index (κ1) is 67.4. The van der Waals surface area contributed by atoms with E-state index in [4.69, 9.17) is 66.0 Å². The SMILES string of the molecule is CO[C@H]1O[C@H](CO[C@H]2O[C@H](CO[Si](c3ccccc3)(c3ccccc3)C(C)(C)C)[C@@H](OC(C)=O)[C@H](OC(C)=O)[C@@H]2OC(C)=O)[C@@H](O)[C@H](O)[C@@H]1OC(=O)c1ccccc1C(=O)OC[C@H]1O[C@H](Sc2ccccc2)[C@@H](OC(C)=O)[C@@H](OC(C)=O)[C@@H]1OC(C)=O. The van der Waals surface area contributed by atoms with Gasteiger partial charge in [-0.1, -0.05) is 124 Å². The maximum atomic E-state index is 14.2. The highest BCUT2D eigenvalue weighted by molar-refractivity contribution is 7.99. The molecule has 26 heteroatoms. The highest BCUT2D eigenvalue weighted by Crippen LogP contribution is 2.40. The minimum absolute atomic E-state index is 0.297. The van der Waals surface area contributed by atoms with Gasteiger partial charge in [-0.3, -0.25) is 28.8 Å². The van der Waals surface area contributed by atoms with E-state index in [2.05, 4.69) is 0 Å².